The van der Waals surface area contributed by atoms with Gasteiger partial charge in [-0.05, 0) is 5.56 Å². The number of nitrogens with one attached hydrogen (secondary N) is 2. The fourth-order valence-electron chi connectivity index (χ4n) is 1.99. The molecule has 2 aromatic heterocycles. The van der Waals surface area contributed by atoms with Gasteiger partial charge in [-0.25, -0.2) is 14.3 Å². The van der Waals surface area contributed by atoms with Crippen molar-refractivity contribution in [1.29, 1.82) is 0 Å². The van der Waals surface area contributed by atoms with E-state index in [1.54, 1.807) is 15.9 Å². The van der Waals surface area contributed by atoms with E-state index < -0.39 is 0 Å². The molecule has 0 saturated carbocycles. The van der Waals surface area contributed by atoms with Gasteiger partial charge in [0.15, 0.2) is 0 Å². The monoisotopic (exact) mass is 301 g/mol. The maximum atomic E-state index is 11.7. The molecule has 0 atom stereocenters. The molecule has 0 unspecified atom stereocenters. The normalized spacial score (nSPS) is 10.7. The molecule has 0 spiro atoms. The van der Waals surface area contributed by atoms with E-state index in [9.17, 15) is 4.79 Å². The maximum Gasteiger partial charge on any atom is 0.315 e. The quantitative estimate of drug-likeness (QED) is 0.755. The Bertz CT molecular complexity index is 721. The molecule has 1 aromatic carbocycles. The number of hydrogen-bond acceptors (Lipinski definition) is 4. The van der Waals surface area contributed by atoms with Gasteiger partial charge in [0.25, 0.3) is 0 Å². The number of nitrogens with zero attached hydrogens (tertiary/aromatic N) is 3. The second kappa shape index (κ2) is 6.36. The summed E-state index contributed by atoms with van der Waals surface area (Å²) in [6.45, 7) is 1.09. The van der Waals surface area contributed by atoms with Gasteiger partial charge in [0.2, 0.25) is 4.96 Å². The average molecular weight is 301 g/mol. The van der Waals surface area contributed by atoms with Crippen LogP contribution in [-0.2, 0) is 13.0 Å². The van der Waals surface area contributed by atoms with Crippen molar-refractivity contribution in [2.75, 3.05) is 6.54 Å². The number of fused-ring (bicyclic) bond motifs is 1. The van der Waals surface area contributed by atoms with E-state index in [1.165, 1.54) is 6.33 Å². The number of carbonyl (C=O) groups excluding carboxylic acids is 1. The number of thiazole rings is 1. The predicted octanol–water partition coefficient (Wildman–Crippen LogP) is 1.83. The third kappa shape index (κ3) is 3.38. The molecular formula is C14H15N5OS. The summed E-state index contributed by atoms with van der Waals surface area (Å²) in [7, 11) is 0. The molecule has 21 heavy (non-hydrogen) atoms. The van der Waals surface area contributed by atoms with Crippen molar-refractivity contribution in [2.45, 2.75) is 13.0 Å². The van der Waals surface area contributed by atoms with Gasteiger partial charge >= 0.3 is 6.03 Å². The summed E-state index contributed by atoms with van der Waals surface area (Å²) >= 11 is 1.55. The lowest BCUT2D eigenvalue weighted by Gasteiger charge is -2.07. The second-order valence-electron chi connectivity index (χ2n) is 4.53. The smallest absolute Gasteiger partial charge is 0.315 e. The molecule has 3 aromatic rings. The number of carbonyl (C=O) groups is 1. The number of urea groups is 1. The number of benzene rings is 1. The van der Waals surface area contributed by atoms with Crippen LogP contribution in [-0.4, -0.2) is 27.2 Å². The molecule has 0 aliphatic carbocycles. The number of amides is 2. The molecule has 0 radical (unpaired) electrons. The van der Waals surface area contributed by atoms with Crippen LogP contribution in [0.25, 0.3) is 4.96 Å². The molecule has 0 bridgehead atoms. The van der Waals surface area contributed by atoms with E-state index in [2.05, 4.69) is 20.7 Å². The first-order chi connectivity index (χ1) is 10.3. The Morgan fingerprint density at radius 2 is 2.10 bits per heavy atom. The fourth-order valence-corrected chi connectivity index (χ4v) is 2.82. The van der Waals surface area contributed by atoms with Crippen LogP contribution in [0, 0.1) is 0 Å². The van der Waals surface area contributed by atoms with Gasteiger partial charge in [0.1, 0.15) is 6.33 Å². The van der Waals surface area contributed by atoms with Gasteiger partial charge in [-0.15, -0.1) is 11.3 Å². The van der Waals surface area contributed by atoms with Gasteiger partial charge in [-0.3, -0.25) is 0 Å². The largest absolute Gasteiger partial charge is 0.338 e. The highest BCUT2D eigenvalue weighted by molar-refractivity contribution is 7.15. The fraction of sp³-hybridized carbons (Fsp3) is 0.214. The van der Waals surface area contributed by atoms with E-state index in [0.717, 1.165) is 22.6 Å². The molecule has 2 heterocycles. The van der Waals surface area contributed by atoms with Crippen LogP contribution in [0.3, 0.4) is 0 Å². The number of hydrogen-bond donors (Lipinski definition) is 2. The maximum absolute atomic E-state index is 11.7. The van der Waals surface area contributed by atoms with Crippen LogP contribution >= 0.6 is 11.3 Å². The molecule has 2 N–H and O–H groups in total. The van der Waals surface area contributed by atoms with Crippen molar-refractivity contribution < 1.29 is 4.79 Å². The molecule has 0 aliphatic rings. The molecule has 2 amide bonds. The Morgan fingerprint density at radius 1 is 1.24 bits per heavy atom. The highest BCUT2D eigenvalue weighted by Crippen LogP contribution is 2.12. The van der Waals surface area contributed by atoms with Crippen molar-refractivity contribution in [3.05, 3.63) is 53.3 Å². The van der Waals surface area contributed by atoms with Crippen LogP contribution in [0.5, 0.6) is 0 Å². The minimum Gasteiger partial charge on any atom is -0.338 e. The van der Waals surface area contributed by atoms with Crippen LogP contribution in [0.1, 0.15) is 11.3 Å². The van der Waals surface area contributed by atoms with Crippen LogP contribution in [0.2, 0.25) is 0 Å². The van der Waals surface area contributed by atoms with E-state index in [-0.39, 0.29) is 6.03 Å². The second-order valence-corrected chi connectivity index (χ2v) is 5.36. The van der Waals surface area contributed by atoms with E-state index in [1.807, 2.05) is 35.7 Å². The molecule has 7 heteroatoms. The zero-order chi connectivity index (χ0) is 14.5. The Balaban J connectivity index is 1.43. The van der Waals surface area contributed by atoms with E-state index >= 15 is 0 Å². The van der Waals surface area contributed by atoms with E-state index in [4.69, 9.17) is 0 Å². The highest BCUT2D eigenvalue weighted by Gasteiger charge is 2.06. The first-order valence-electron chi connectivity index (χ1n) is 6.64. The van der Waals surface area contributed by atoms with Gasteiger partial charge in [0.05, 0.1) is 5.69 Å². The summed E-state index contributed by atoms with van der Waals surface area (Å²) in [5.74, 6) is 0. The zero-order valence-electron chi connectivity index (χ0n) is 11.3. The van der Waals surface area contributed by atoms with Crippen molar-refractivity contribution in [1.82, 2.24) is 25.2 Å². The topological polar surface area (TPSA) is 71.3 Å². The summed E-state index contributed by atoms with van der Waals surface area (Å²) in [4.78, 5) is 16.7. The van der Waals surface area contributed by atoms with Crippen molar-refractivity contribution in [3.63, 3.8) is 0 Å². The Hall–Kier alpha value is -2.41. The Morgan fingerprint density at radius 3 is 2.95 bits per heavy atom. The van der Waals surface area contributed by atoms with Gasteiger partial charge in [0, 0.05) is 24.9 Å². The lowest BCUT2D eigenvalue weighted by Crippen LogP contribution is -2.36. The minimum atomic E-state index is -0.163. The minimum absolute atomic E-state index is 0.163. The SMILES string of the molecule is O=C(NCCc1csc2ncnn12)NCc1ccccc1. The number of rotatable bonds is 5. The molecule has 6 nitrogen and oxygen atoms in total. The molecule has 0 saturated heterocycles. The lowest BCUT2D eigenvalue weighted by atomic mass is 10.2. The van der Waals surface area contributed by atoms with Crippen molar-refractivity contribution >= 4 is 22.3 Å². The van der Waals surface area contributed by atoms with Crippen LogP contribution < -0.4 is 10.6 Å². The third-order valence-electron chi connectivity index (χ3n) is 3.05. The molecule has 0 aliphatic heterocycles. The molecule has 0 fully saturated rings. The summed E-state index contributed by atoms with van der Waals surface area (Å²) in [5, 5.41) is 11.8. The van der Waals surface area contributed by atoms with Crippen molar-refractivity contribution in [2.24, 2.45) is 0 Å². The summed E-state index contributed by atoms with van der Waals surface area (Å²) < 4.78 is 1.80. The molecule has 108 valence electrons. The summed E-state index contributed by atoms with van der Waals surface area (Å²) in [6.07, 6.45) is 2.26. The molecular weight excluding hydrogens is 286 g/mol. The number of aromatic nitrogens is 3. The summed E-state index contributed by atoms with van der Waals surface area (Å²) in [6, 6.07) is 9.66. The van der Waals surface area contributed by atoms with Gasteiger partial charge < -0.3 is 10.6 Å². The molecule has 3 rings (SSSR count). The highest BCUT2D eigenvalue weighted by atomic mass is 32.1. The predicted molar refractivity (Wildman–Crippen MR) is 81.2 cm³/mol. The average Bonchev–Trinajstić information content (AvgIpc) is 3.11. The lowest BCUT2D eigenvalue weighted by molar-refractivity contribution is 0.240. The summed E-state index contributed by atoms with van der Waals surface area (Å²) in [5.41, 5.74) is 2.13. The van der Waals surface area contributed by atoms with Gasteiger partial charge in [-0.1, -0.05) is 30.3 Å². The van der Waals surface area contributed by atoms with Crippen LogP contribution in [0.15, 0.2) is 42.0 Å². The van der Waals surface area contributed by atoms with Gasteiger partial charge in [-0.2, -0.15) is 5.10 Å². The first-order valence-corrected chi connectivity index (χ1v) is 7.52. The van der Waals surface area contributed by atoms with Crippen molar-refractivity contribution in [3.8, 4) is 0 Å². The standard InChI is InChI=1S/C14H15N5OS/c20-13(16-8-11-4-2-1-3-5-11)15-7-6-12-9-21-14-17-10-18-19(12)14/h1-5,9-10H,6-8H2,(H2,15,16,20). The first kappa shape index (κ1) is 13.6. The Labute approximate surface area is 125 Å². The third-order valence-corrected chi connectivity index (χ3v) is 3.93. The Kier molecular flexibility index (Phi) is 4.11. The van der Waals surface area contributed by atoms with E-state index in [0.29, 0.717) is 13.1 Å². The van der Waals surface area contributed by atoms with Crippen LogP contribution in [0.4, 0.5) is 4.79 Å². The zero-order valence-corrected chi connectivity index (χ0v) is 12.1.